The number of aryl methyl sites for hydroxylation is 1. The van der Waals surface area contributed by atoms with E-state index in [9.17, 15) is 19.5 Å². The molecule has 2 amide bonds. The second-order valence-electron chi connectivity index (χ2n) is 5.31. The van der Waals surface area contributed by atoms with Crippen LogP contribution in [0.3, 0.4) is 0 Å². The fourth-order valence-electron chi connectivity index (χ4n) is 2.25. The largest absolute Gasteiger partial charge is 0.480 e. The fourth-order valence-corrected chi connectivity index (χ4v) is 2.48. The van der Waals surface area contributed by atoms with Crippen LogP contribution in [-0.2, 0) is 9.59 Å². The van der Waals surface area contributed by atoms with Gasteiger partial charge in [0.1, 0.15) is 23.1 Å². The van der Waals surface area contributed by atoms with Crippen molar-refractivity contribution in [3.8, 4) is 11.3 Å². The summed E-state index contributed by atoms with van der Waals surface area (Å²) in [5, 5.41) is 15.8. The summed E-state index contributed by atoms with van der Waals surface area (Å²) >= 11 is 6.13. The van der Waals surface area contributed by atoms with Gasteiger partial charge < -0.3 is 20.7 Å². The van der Waals surface area contributed by atoms with E-state index in [1.54, 1.807) is 24.3 Å². The molecule has 1 aromatic heterocycles. The Morgan fingerprint density at radius 1 is 1.36 bits per heavy atom. The number of benzene rings is 1. The molecule has 0 bridgehead atoms. The summed E-state index contributed by atoms with van der Waals surface area (Å²) in [6.45, 7) is 1.53. The van der Waals surface area contributed by atoms with Gasteiger partial charge in [0, 0.05) is 12.0 Å². The molecule has 1 heterocycles. The molecule has 2 aromatic rings. The lowest BCUT2D eigenvalue weighted by atomic mass is 10.0. The minimum absolute atomic E-state index is 0.0819. The van der Waals surface area contributed by atoms with E-state index in [0.717, 1.165) is 0 Å². The van der Waals surface area contributed by atoms with E-state index in [2.05, 4.69) is 10.5 Å². The van der Waals surface area contributed by atoms with Crippen LogP contribution in [0, 0.1) is 6.92 Å². The van der Waals surface area contributed by atoms with E-state index in [-0.39, 0.29) is 29.9 Å². The average molecular weight is 366 g/mol. The smallest absolute Gasteiger partial charge is 0.326 e. The highest BCUT2D eigenvalue weighted by molar-refractivity contribution is 6.33. The molecule has 1 aromatic carbocycles. The maximum absolute atomic E-state index is 12.6. The Bertz CT molecular complexity index is 818. The number of primary amides is 1. The molecule has 25 heavy (non-hydrogen) atoms. The van der Waals surface area contributed by atoms with Crippen LogP contribution in [0.25, 0.3) is 11.3 Å². The van der Waals surface area contributed by atoms with Crippen molar-refractivity contribution in [2.75, 3.05) is 0 Å². The Morgan fingerprint density at radius 2 is 2.04 bits per heavy atom. The summed E-state index contributed by atoms with van der Waals surface area (Å²) in [6.07, 6.45) is -0.292. The predicted molar refractivity (Wildman–Crippen MR) is 89.0 cm³/mol. The van der Waals surface area contributed by atoms with Crippen molar-refractivity contribution in [2.24, 2.45) is 5.73 Å². The van der Waals surface area contributed by atoms with Crippen LogP contribution in [0.4, 0.5) is 0 Å². The molecule has 0 fully saturated rings. The van der Waals surface area contributed by atoms with Gasteiger partial charge in [-0.15, -0.1) is 0 Å². The lowest BCUT2D eigenvalue weighted by Crippen LogP contribution is -2.41. The third-order valence-electron chi connectivity index (χ3n) is 3.50. The first-order valence-corrected chi connectivity index (χ1v) is 7.72. The maximum atomic E-state index is 12.6. The van der Waals surface area contributed by atoms with Gasteiger partial charge in [-0.25, -0.2) is 4.79 Å². The van der Waals surface area contributed by atoms with Gasteiger partial charge in [-0.1, -0.05) is 35.0 Å². The molecule has 2 rings (SSSR count). The Balaban J connectivity index is 2.30. The molecular weight excluding hydrogens is 350 g/mol. The van der Waals surface area contributed by atoms with Crippen LogP contribution in [0.2, 0.25) is 5.02 Å². The summed E-state index contributed by atoms with van der Waals surface area (Å²) < 4.78 is 5.08. The van der Waals surface area contributed by atoms with Crippen LogP contribution in [0.5, 0.6) is 0 Å². The normalized spacial score (nSPS) is 11.8. The molecule has 0 aliphatic carbocycles. The second kappa shape index (κ2) is 7.80. The van der Waals surface area contributed by atoms with Crippen molar-refractivity contribution in [1.29, 1.82) is 0 Å². The van der Waals surface area contributed by atoms with Crippen LogP contribution < -0.4 is 11.1 Å². The zero-order valence-corrected chi connectivity index (χ0v) is 14.0. The number of hydrogen-bond acceptors (Lipinski definition) is 5. The van der Waals surface area contributed by atoms with Crippen molar-refractivity contribution < 1.29 is 24.0 Å². The Labute approximate surface area is 147 Å². The van der Waals surface area contributed by atoms with Crippen molar-refractivity contribution in [1.82, 2.24) is 10.5 Å². The van der Waals surface area contributed by atoms with Gasteiger partial charge in [-0.3, -0.25) is 9.59 Å². The Morgan fingerprint density at radius 3 is 2.64 bits per heavy atom. The molecule has 0 aliphatic heterocycles. The third kappa shape index (κ3) is 4.36. The maximum Gasteiger partial charge on any atom is 0.326 e. The van der Waals surface area contributed by atoms with Crippen molar-refractivity contribution >= 4 is 29.4 Å². The lowest BCUT2D eigenvalue weighted by molar-refractivity contribution is -0.139. The molecule has 0 unspecified atom stereocenters. The van der Waals surface area contributed by atoms with Gasteiger partial charge in [-0.05, 0) is 19.4 Å². The van der Waals surface area contributed by atoms with Crippen molar-refractivity contribution in [3.05, 3.63) is 40.6 Å². The molecule has 0 saturated carbocycles. The van der Waals surface area contributed by atoms with E-state index in [4.69, 9.17) is 21.9 Å². The zero-order valence-electron chi connectivity index (χ0n) is 13.3. The number of carbonyl (C=O) groups is 3. The number of halogens is 1. The molecule has 9 heteroatoms. The first-order chi connectivity index (χ1) is 11.8. The number of carboxylic acids is 1. The zero-order chi connectivity index (χ0) is 18.6. The lowest BCUT2D eigenvalue weighted by Gasteiger charge is -2.14. The quantitative estimate of drug-likeness (QED) is 0.683. The minimum Gasteiger partial charge on any atom is -0.480 e. The molecule has 8 nitrogen and oxygen atoms in total. The standard InChI is InChI=1S/C16H16ClN3O5/c1-8-13(14(20-25-8)9-4-2-3-5-10(9)17)15(22)19-11(16(23)24)6-7-12(18)21/h2-5,11H,6-7H2,1H3,(H2,18,21)(H,19,22)(H,23,24)/t11-/m0/s1. The van der Waals surface area contributed by atoms with Gasteiger partial charge in [0.25, 0.3) is 5.91 Å². The first kappa shape index (κ1) is 18.5. The van der Waals surface area contributed by atoms with Gasteiger partial charge >= 0.3 is 5.97 Å². The third-order valence-corrected chi connectivity index (χ3v) is 3.83. The molecular formula is C16H16ClN3O5. The van der Waals surface area contributed by atoms with Gasteiger partial charge in [0.2, 0.25) is 5.91 Å². The number of carboxylic acid groups (broad SMARTS) is 1. The molecule has 0 saturated heterocycles. The molecule has 0 aliphatic rings. The first-order valence-electron chi connectivity index (χ1n) is 7.34. The fraction of sp³-hybridized carbons (Fsp3) is 0.250. The minimum atomic E-state index is -1.27. The number of amides is 2. The van der Waals surface area contributed by atoms with Crippen molar-refractivity contribution in [2.45, 2.75) is 25.8 Å². The molecule has 132 valence electrons. The van der Waals surface area contributed by atoms with Gasteiger partial charge in [-0.2, -0.15) is 0 Å². The van der Waals surface area contributed by atoms with E-state index in [1.165, 1.54) is 6.92 Å². The van der Waals surface area contributed by atoms with Crippen LogP contribution >= 0.6 is 11.6 Å². The van der Waals surface area contributed by atoms with Gasteiger partial charge in [0.05, 0.1) is 5.02 Å². The highest BCUT2D eigenvalue weighted by Crippen LogP contribution is 2.31. The number of nitrogens with zero attached hydrogens (tertiary/aromatic N) is 1. The number of carbonyl (C=O) groups excluding carboxylic acids is 2. The van der Waals surface area contributed by atoms with E-state index >= 15 is 0 Å². The van der Waals surface area contributed by atoms with Gasteiger partial charge in [0.15, 0.2) is 0 Å². The number of aromatic nitrogens is 1. The number of hydrogen-bond donors (Lipinski definition) is 3. The number of nitrogens with one attached hydrogen (secondary N) is 1. The Kier molecular flexibility index (Phi) is 5.76. The Hall–Kier alpha value is -2.87. The van der Waals surface area contributed by atoms with E-state index in [1.807, 2.05) is 0 Å². The van der Waals surface area contributed by atoms with E-state index < -0.39 is 23.8 Å². The van der Waals surface area contributed by atoms with Crippen molar-refractivity contribution in [3.63, 3.8) is 0 Å². The van der Waals surface area contributed by atoms with Crippen LogP contribution in [0.15, 0.2) is 28.8 Å². The predicted octanol–water partition coefficient (Wildman–Crippen LogP) is 1.75. The molecule has 0 radical (unpaired) electrons. The second-order valence-corrected chi connectivity index (χ2v) is 5.72. The van der Waals surface area contributed by atoms with Crippen LogP contribution in [0.1, 0.15) is 29.0 Å². The number of aliphatic carboxylic acids is 1. The number of nitrogens with two attached hydrogens (primary N) is 1. The van der Waals surface area contributed by atoms with Crippen LogP contribution in [-0.4, -0.2) is 34.1 Å². The highest BCUT2D eigenvalue weighted by Gasteiger charge is 2.27. The van der Waals surface area contributed by atoms with E-state index in [0.29, 0.717) is 10.6 Å². The average Bonchev–Trinajstić information content (AvgIpc) is 2.92. The molecule has 0 spiro atoms. The summed E-state index contributed by atoms with van der Waals surface area (Å²) in [5.41, 5.74) is 5.79. The highest BCUT2D eigenvalue weighted by atomic mass is 35.5. The molecule has 1 atom stereocenters. The monoisotopic (exact) mass is 365 g/mol. The molecule has 4 N–H and O–H groups in total. The SMILES string of the molecule is Cc1onc(-c2ccccc2Cl)c1C(=O)N[C@@H](CCC(N)=O)C(=O)O. The summed E-state index contributed by atoms with van der Waals surface area (Å²) in [7, 11) is 0. The number of rotatable bonds is 7. The summed E-state index contributed by atoms with van der Waals surface area (Å²) in [6, 6.07) is 5.48. The summed E-state index contributed by atoms with van der Waals surface area (Å²) in [5.74, 6) is -2.40. The topological polar surface area (TPSA) is 136 Å². The summed E-state index contributed by atoms with van der Waals surface area (Å²) in [4.78, 5) is 34.7.